The second-order valence-electron chi connectivity index (χ2n) is 5.48. The molecular formula is C16H19N5. The second kappa shape index (κ2) is 5.61. The van der Waals surface area contributed by atoms with Gasteiger partial charge < -0.3 is 5.32 Å². The van der Waals surface area contributed by atoms with E-state index in [1.807, 2.05) is 42.1 Å². The minimum Gasteiger partial charge on any atom is -0.310 e. The molecule has 0 aliphatic heterocycles. The van der Waals surface area contributed by atoms with Gasteiger partial charge in [0.15, 0.2) is 0 Å². The highest BCUT2D eigenvalue weighted by molar-refractivity contribution is 5.76. The van der Waals surface area contributed by atoms with E-state index < -0.39 is 0 Å². The highest BCUT2D eigenvalue weighted by Gasteiger charge is 2.11. The topological polar surface area (TPSA) is 55.6 Å². The van der Waals surface area contributed by atoms with E-state index in [1.165, 1.54) is 0 Å². The van der Waals surface area contributed by atoms with Crippen LogP contribution in [0.3, 0.4) is 0 Å². The molecule has 0 unspecified atom stereocenters. The molecule has 0 aliphatic rings. The molecule has 0 spiro atoms. The molecule has 2 heterocycles. The molecule has 3 aromatic rings. The third kappa shape index (κ3) is 2.78. The summed E-state index contributed by atoms with van der Waals surface area (Å²) >= 11 is 0. The summed E-state index contributed by atoms with van der Waals surface area (Å²) in [7, 11) is 0. The van der Waals surface area contributed by atoms with Gasteiger partial charge >= 0.3 is 0 Å². The first-order valence-corrected chi connectivity index (χ1v) is 7.15. The molecular weight excluding hydrogens is 262 g/mol. The van der Waals surface area contributed by atoms with Crippen molar-refractivity contribution in [3.05, 3.63) is 47.8 Å². The minimum atomic E-state index is 0.423. The van der Waals surface area contributed by atoms with Gasteiger partial charge in [-0.3, -0.25) is 4.98 Å². The first-order valence-electron chi connectivity index (χ1n) is 7.15. The van der Waals surface area contributed by atoms with Crippen molar-refractivity contribution in [2.45, 2.75) is 33.4 Å². The number of nitrogens with zero attached hydrogens (tertiary/aromatic N) is 4. The van der Waals surface area contributed by atoms with Crippen LogP contribution in [0.5, 0.6) is 0 Å². The number of benzene rings is 1. The molecule has 108 valence electrons. The highest BCUT2D eigenvalue weighted by atomic mass is 15.4. The molecule has 0 atom stereocenters. The molecule has 0 aliphatic carbocycles. The van der Waals surface area contributed by atoms with E-state index in [-0.39, 0.29) is 0 Å². The fourth-order valence-electron chi connectivity index (χ4n) is 2.27. The van der Waals surface area contributed by atoms with Gasteiger partial charge in [-0.25, -0.2) is 4.68 Å². The number of pyridine rings is 1. The van der Waals surface area contributed by atoms with Gasteiger partial charge in [0.2, 0.25) is 0 Å². The Morgan fingerprint density at radius 3 is 2.86 bits per heavy atom. The van der Waals surface area contributed by atoms with E-state index in [0.29, 0.717) is 6.04 Å². The number of nitrogens with one attached hydrogen (secondary N) is 1. The SMILES string of the molecule is Cc1cc(-n2nnc3ccccc32)c(CNC(C)C)cn1. The fraction of sp³-hybridized carbons (Fsp3) is 0.312. The highest BCUT2D eigenvalue weighted by Crippen LogP contribution is 2.19. The standard InChI is InChI=1S/C16H19N5/c1-11(2)17-9-13-10-18-12(3)8-16(13)21-15-7-5-4-6-14(15)19-20-21/h4-8,10-11,17H,9H2,1-3H3. The molecule has 21 heavy (non-hydrogen) atoms. The van der Waals surface area contributed by atoms with Gasteiger partial charge in [0.1, 0.15) is 5.52 Å². The van der Waals surface area contributed by atoms with Gasteiger partial charge in [0, 0.05) is 30.0 Å². The minimum absolute atomic E-state index is 0.423. The molecule has 0 saturated heterocycles. The Hall–Kier alpha value is -2.27. The smallest absolute Gasteiger partial charge is 0.113 e. The molecule has 0 radical (unpaired) electrons. The number of para-hydroxylation sites is 1. The van der Waals surface area contributed by atoms with Crippen LogP contribution in [-0.4, -0.2) is 26.0 Å². The van der Waals surface area contributed by atoms with Gasteiger partial charge in [-0.1, -0.05) is 31.2 Å². The van der Waals surface area contributed by atoms with E-state index in [0.717, 1.165) is 34.5 Å². The summed E-state index contributed by atoms with van der Waals surface area (Å²) in [5.74, 6) is 0. The molecule has 0 fully saturated rings. The summed E-state index contributed by atoms with van der Waals surface area (Å²) in [4.78, 5) is 4.41. The third-order valence-electron chi connectivity index (χ3n) is 3.38. The summed E-state index contributed by atoms with van der Waals surface area (Å²) in [6.45, 7) is 7.01. The lowest BCUT2D eigenvalue weighted by molar-refractivity contribution is 0.585. The van der Waals surface area contributed by atoms with Crippen LogP contribution in [0, 0.1) is 6.92 Å². The molecule has 1 N–H and O–H groups in total. The van der Waals surface area contributed by atoms with E-state index in [2.05, 4.69) is 40.5 Å². The monoisotopic (exact) mass is 281 g/mol. The van der Waals surface area contributed by atoms with Crippen molar-refractivity contribution in [3.8, 4) is 5.69 Å². The summed E-state index contributed by atoms with van der Waals surface area (Å²) in [5, 5.41) is 12.0. The van der Waals surface area contributed by atoms with Crippen LogP contribution >= 0.6 is 0 Å². The Kier molecular flexibility index (Phi) is 3.66. The van der Waals surface area contributed by atoms with Crippen LogP contribution in [0.1, 0.15) is 25.1 Å². The zero-order valence-electron chi connectivity index (χ0n) is 12.5. The lowest BCUT2D eigenvalue weighted by Gasteiger charge is -2.13. The normalized spacial score (nSPS) is 11.4. The molecule has 2 aromatic heterocycles. The van der Waals surface area contributed by atoms with Gasteiger partial charge in [-0.05, 0) is 25.1 Å². The van der Waals surface area contributed by atoms with Crippen molar-refractivity contribution in [2.75, 3.05) is 0 Å². The van der Waals surface area contributed by atoms with Crippen LogP contribution in [0.4, 0.5) is 0 Å². The Labute approximate surface area is 124 Å². The van der Waals surface area contributed by atoms with Crippen LogP contribution in [-0.2, 0) is 6.54 Å². The third-order valence-corrected chi connectivity index (χ3v) is 3.38. The van der Waals surface area contributed by atoms with E-state index in [1.54, 1.807) is 0 Å². The maximum atomic E-state index is 4.41. The maximum absolute atomic E-state index is 4.41. The number of fused-ring (bicyclic) bond motifs is 1. The summed E-state index contributed by atoms with van der Waals surface area (Å²) in [5.41, 5.74) is 5.02. The van der Waals surface area contributed by atoms with Gasteiger partial charge in [-0.15, -0.1) is 5.10 Å². The van der Waals surface area contributed by atoms with Gasteiger partial charge in [0.25, 0.3) is 0 Å². The first kappa shape index (κ1) is 13.7. The summed E-state index contributed by atoms with van der Waals surface area (Å²) in [6, 6.07) is 10.5. The molecule has 5 nitrogen and oxygen atoms in total. The van der Waals surface area contributed by atoms with Crippen molar-refractivity contribution < 1.29 is 0 Å². The zero-order valence-corrected chi connectivity index (χ0v) is 12.5. The number of hydrogen-bond acceptors (Lipinski definition) is 4. The van der Waals surface area contributed by atoms with Crippen molar-refractivity contribution in [2.24, 2.45) is 0 Å². The van der Waals surface area contributed by atoms with Crippen LogP contribution in [0.15, 0.2) is 36.5 Å². The zero-order chi connectivity index (χ0) is 14.8. The lowest BCUT2D eigenvalue weighted by atomic mass is 10.2. The Balaban J connectivity index is 2.10. The largest absolute Gasteiger partial charge is 0.310 e. The van der Waals surface area contributed by atoms with Crippen molar-refractivity contribution in [3.63, 3.8) is 0 Å². The molecule has 1 aromatic carbocycles. The predicted molar refractivity (Wildman–Crippen MR) is 83.4 cm³/mol. The fourth-order valence-corrected chi connectivity index (χ4v) is 2.27. The summed E-state index contributed by atoms with van der Waals surface area (Å²) < 4.78 is 1.89. The molecule has 3 rings (SSSR count). The molecule has 5 heteroatoms. The second-order valence-corrected chi connectivity index (χ2v) is 5.48. The lowest BCUT2D eigenvalue weighted by Crippen LogP contribution is -2.23. The van der Waals surface area contributed by atoms with Gasteiger partial charge in [-0.2, -0.15) is 0 Å². The maximum Gasteiger partial charge on any atom is 0.113 e. The number of aryl methyl sites for hydroxylation is 1. The molecule has 0 bridgehead atoms. The molecule has 0 saturated carbocycles. The van der Waals surface area contributed by atoms with Crippen LogP contribution < -0.4 is 5.32 Å². The average Bonchev–Trinajstić information content (AvgIpc) is 2.89. The van der Waals surface area contributed by atoms with Crippen LogP contribution in [0.25, 0.3) is 16.7 Å². The van der Waals surface area contributed by atoms with Crippen molar-refractivity contribution in [1.82, 2.24) is 25.3 Å². The van der Waals surface area contributed by atoms with Crippen molar-refractivity contribution >= 4 is 11.0 Å². The molecule has 0 amide bonds. The van der Waals surface area contributed by atoms with Crippen LogP contribution in [0.2, 0.25) is 0 Å². The summed E-state index contributed by atoms with van der Waals surface area (Å²) in [6.07, 6.45) is 1.91. The van der Waals surface area contributed by atoms with E-state index >= 15 is 0 Å². The first-order chi connectivity index (χ1) is 10.1. The van der Waals surface area contributed by atoms with Gasteiger partial charge in [0.05, 0.1) is 11.2 Å². The van der Waals surface area contributed by atoms with E-state index in [9.17, 15) is 0 Å². The number of rotatable bonds is 4. The number of aromatic nitrogens is 4. The quantitative estimate of drug-likeness (QED) is 0.798. The van der Waals surface area contributed by atoms with E-state index in [4.69, 9.17) is 0 Å². The predicted octanol–water partition coefficient (Wildman–Crippen LogP) is 2.62. The Morgan fingerprint density at radius 2 is 2.05 bits per heavy atom. The van der Waals surface area contributed by atoms with Crippen molar-refractivity contribution in [1.29, 1.82) is 0 Å². The Morgan fingerprint density at radius 1 is 1.24 bits per heavy atom. The number of hydrogen-bond donors (Lipinski definition) is 1. The average molecular weight is 281 g/mol. The Bertz CT molecular complexity index is 760.